The van der Waals surface area contributed by atoms with Gasteiger partial charge in [-0.15, -0.1) is 11.3 Å². The molecule has 0 amide bonds. The molecule has 1 unspecified atom stereocenters. The van der Waals surface area contributed by atoms with Crippen LogP contribution in [0.2, 0.25) is 0 Å². The highest BCUT2D eigenvalue weighted by molar-refractivity contribution is 7.91. The molecular formula is C10H16N2O2S2. The molecule has 90 valence electrons. The van der Waals surface area contributed by atoms with Gasteiger partial charge in [0, 0.05) is 17.6 Å². The summed E-state index contributed by atoms with van der Waals surface area (Å²) in [5.41, 5.74) is 6.29. The SMILES string of the molecule is CC1(C)CC1CNS(=O)(=O)c1cc(N)cs1. The van der Waals surface area contributed by atoms with E-state index in [2.05, 4.69) is 18.6 Å². The molecule has 1 aliphatic carbocycles. The fourth-order valence-corrected chi connectivity index (χ4v) is 3.88. The molecule has 4 nitrogen and oxygen atoms in total. The third kappa shape index (κ3) is 2.39. The number of nitrogens with one attached hydrogen (secondary N) is 1. The third-order valence-corrected chi connectivity index (χ3v) is 5.98. The number of anilines is 1. The highest BCUT2D eigenvalue weighted by Gasteiger charge is 2.45. The van der Waals surface area contributed by atoms with Gasteiger partial charge in [-0.3, -0.25) is 0 Å². The first kappa shape index (κ1) is 11.9. The highest BCUT2D eigenvalue weighted by atomic mass is 32.2. The number of hydrogen-bond acceptors (Lipinski definition) is 4. The van der Waals surface area contributed by atoms with E-state index in [0.29, 0.717) is 22.4 Å². The van der Waals surface area contributed by atoms with Crippen LogP contribution >= 0.6 is 11.3 Å². The van der Waals surface area contributed by atoms with Crippen molar-refractivity contribution < 1.29 is 8.42 Å². The largest absolute Gasteiger partial charge is 0.398 e. The van der Waals surface area contributed by atoms with Crippen LogP contribution in [0.15, 0.2) is 15.7 Å². The number of rotatable bonds is 4. The van der Waals surface area contributed by atoms with E-state index in [9.17, 15) is 8.42 Å². The Morgan fingerprint density at radius 2 is 2.25 bits per heavy atom. The molecule has 1 saturated carbocycles. The standard InChI is InChI=1S/C10H16N2O2S2/c1-10(2)4-7(10)5-12-16(13,14)9-3-8(11)6-15-9/h3,6-7,12H,4-5,11H2,1-2H3. The molecule has 16 heavy (non-hydrogen) atoms. The van der Waals surface area contributed by atoms with Gasteiger partial charge in [-0.2, -0.15) is 0 Å². The van der Waals surface area contributed by atoms with Gasteiger partial charge in [0.25, 0.3) is 0 Å². The first-order chi connectivity index (χ1) is 7.31. The molecule has 1 aromatic heterocycles. The lowest BCUT2D eigenvalue weighted by Gasteiger charge is -2.05. The van der Waals surface area contributed by atoms with Gasteiger partial charge in [0.1, 0.15) is 4.21 Å². The van der Waals surface area contributed by atoms with E-state index in [-0.39, 0.29) is 5.41 Å². The van der Waals surface area contributed by atoms with E-state index < -0.39 is 10.0 Å². The molecule has 0 saturated heterocycles. The molecule has 1 aliphatic rings. The predicted molar refractivity (Wildman–Crippen MR) is 65.8 cm³/mol. The van der Waals surface area contributed by atoms with E-state index in [1.54, 1.807) is 5.38 Å². The number of nitrogen functional groups attached to an aromatic ring is 1. The lowest BCUT2D eigenvalue weighted by molar-refractivity contribution is 0.538. The second-order valence-electron chi connectivity index (χ2n) is 4.94. The van der Waals surface area contributed by atoms with Gasteiger partial charge in [-0.1, -0.05) is 13.8 Å². The Labute approximate surface area is 99.9 Å². The van der Waals surface area contributed by atoms with Crippen LogP contribution in [0.1, 0.15) is 20.3 Å². The molecule has 0 aliphatic heterocycles. The van der Waals surface area contributed by atoms with Crippen molar-refractivity contribution in [1.29, 1.82) is 0 Å². The van der Waals surface area contributed by atoms with Crippen LogP contribution < -0.4 is 10.5 Å². The van der Waals surface area contributed by atoms with Crippen LogP contribution in [0.4, 0.5) is 5.69 Å². The van der Waals surface area contributed by atoms with Crippen LogP contribution in [0.25, 0.3) is 0 Å². The minimum Gasteiger partial charge on any atom is -0.398 e. The highest BCUT2D eigenvalue weighted by Crippen LogP contribution is 2.51. The first-order valence-corrected chi connectivity index (χ1v) is 7.51. The summed E-state index contributed by atoms with van der Waals surface area (Å²) >= 11 is 1.15. The number of hydrogen-bond donors (Lipinski definition) is 2. The molecule has 1 fully saturated rings. The zero-order chi connectivity index (χ0) is 12.0. The summed E-state index contributed by atoms with van der Waals surface area (Å²) in [6.07, 6.45) is 1.09. The molecule has 0 radical (unpaired) electrons. The average molecular weight is 260 g/mol. The maximum atomic E-state index is 11.8. The fourth-order valence-electron chi connectivity index (χ4n) is 1.68. The fraction of sp³-hybridized carbons (Fsp3) is 0.600. The third-order valence-electron chi connectivity index (χ3n) is 3.10. The molecule has 0 aromatic carbocycles. The predicted octanol–water partition coefficient (Wildman–Crippen LogP) is 1.65. The number of nitrogens with two attached hydrogens (primary N) is 1. The van der Waals surface area contributed by atoms with Crippen LogP contribution in [0.5, 0.6) is 0 Å². The van der Waals surface area contributed by atoms with Crippen molar-refractivity contribution in [3.8, 4) is 0 Å². The summed E-state index contributed by atoms with van der Waals surface area (Å²) < 4.78 is 26.6. The van der Waals surface area contributed by atoms with Crippen molar-refractivity contribution in [3.63, 3.8) is 0 Å². The van der Waals surface area contributed by atoms with Crippen molar-refractivity contribution in [2.45, 2.75) is 24.5 Å². The molecule has 1 atom stereocenters. The minimum atomic E-state index is -3.36. The molecule has 3 N–H and O–H groups in total. The van der Waals surface area contributed by atoms with E-state index in [1.165, 1.54) is 6.07 Å². The molecule has 1 heterocycles. The second-order valence-corrected chi connectivity index (χ2v) is 7.85. The minimum absolute atomic E-state index is 0.289. The van der Waals surface area contributed by atoms with Crippen molar-refractivity contribution in [3.05, 3.63) is 11.4 Å². The molecule has 2 rings (SSSR count). The summed E-state index contributed by atoms with van der Waals surface area (Å²) in [5, 5.41) is 1.63. The topological polar surface area (TPSA) is 72.2 Å². The van der Waals surface area contributed by atoms with E-state index in [0.717, 1.165) is 17.8 Å². The Hall–Kier alpha value is -0.590. The zero-order valence-corrected chi connectivity index (χ0v) is 11.0. The van der Waals surface area contributed by atoms with Gasteiger partial charge < -0.3 is 5.73 Å². The van der Waals surface area contributed by atoms with E-state index in [4.69, 9.17) is 5.73 Å². The van der Waals surface area contributed by atoms with Crippen LogP contribution in [0, 0.1) is 11.3 Å². The lowest BCUT2D eigenvalue weighted by atomic mass is 10.1. The molecule has 0 spiro atoms. The van der Waals surface area contributed by atoms with E-state index >= 15 is 0 Å². The normalized spacial score (nSPS) is 23.2. The van der Waals surface area contributed by atoms with Crippen LogP contribution in [-0.4, -0.2) is 15.0 Å². The summed E-state index contributed by atoms with van der Waals surface area (Å²) in [5.74, 6) is 0.458. The van der Waals surface area contributed by atoms with Crippen LogP contribution in [0.3, 0.4) is 0 Å². The Balaban J connectivity index is 1.99. The van der Waals surface area contributed by atoms with Crippen molar-refractivity contribution in [2.24, 2.45) is 11.3 Å². The van der Waals surface area contributed by atoms with Gasteiger partial charge in [0.15, 0.2) is 0 Å². The van der Waals surface area contributed by atoms with Gasteiger partial charge in [-0.25, -0.2) is 13.1 Å². The summed E-state index contributed by atoms with van der Waals surface area (Å²) in [7, 11) is -3.36. The smallest absolute Gasteiger partial charge is 0.250 e. The Kier molecular flexibility index (Phi) is 2.76. The maximum Gasteiger partial charge on any atom is 0.250 e. The summed E-state index contributed by atoms with van der Waals surface area (Å²) in [4.78, 5) is 0. The monoisotopic (exact) mass is 260 g/mol. The van der Waals surface area contributed by atoms with Crippen molar-refractivity contribution in [2.75, 3.05) is 12.3 Å². The van der Waals surface area contributed by atoms with Crippen molar-refractivity contribution >= 4 is 27.0 Å². The molecular weight excluding hydrogens is 244 g/mol. The van der Waals surface area contributed by atoms with Crippen molar-refractivity contribution in [1.82, 2.24) is 4.72 Å². The zero-order valence-electron chi connectivity index (χ0n) is 9.36. The van der Waals surface area contributed by atoms with Gasteiger partial charge in [0.2, 0.25) is 10.0 Å². The molecule has 1 aromatic rings. The Morgan fingerprint density at radius 3 is 2.69 bits per heavy atom. The summed E-state index contributed by atoms with van der Waals surface area (Å²) in [6, 6.07) is 1.49. The van der Waals surface area contributed by atoms with Gasteiger partial charge in [0.05, 0.1) is 0 Å². The molecule has 6 heteroatoms. The van der Waals surface area contributed by atoms with Gasteiger partial charge >= 0.3 is 0 Å². The lowest BCUT2D eigenvalue weighted by Crippen LogP contribution is -2.26. The first-order valence-electron chi connectivity index (χ1n) is 5.15. The number of thiophene rings is 1. The second kappa shape index (κ2) is 3.72. The molecule has 0 bridgehead atoms. The van der Waals surface area contributed by atoms with Gasteiger partial charge in [-0.05, 0) is 23.8 Å². The Morgan fingerprint density at radius 1 is 1.62 bits per heavy atom. The number of sulfonamides is 1. The van der Waals surface area contributed by atoms with E-state index in [1.807, 2.05) is 0 Å². The quantitative estimate of drug-likeness (QED) is 0.864. The maximum absolute atomic E-state index is 11.8. The van der Waals surface area contributed by atoms with Crippen LogP contribution in [-0.2, 0) is 10.0 Å². The average Bonchev–Trinajstić information content (AvgIpc) is 2.59. The Bertz CT molecular complexity index is 491. The summed E-state index contributed by atoms with van der Waals surface area (Å²) in [6.45, 7) is 4.82.